The standard InChI is InChI=1S/C30H34FN5O4/c1-18-25(8-6-19(28(18)31)14-27(38)35-21(15-32)16-34-30(2,3)4)40-26-9-11-33-24-7-5-20(13-23(24)26)29(39)36-12-10-22(37)17-36/h5-9,11,13,15-16,22,37H,10,12,14,17,32H2,1-4H3,(H,35,38)/b21-15+,34-16?. The summed E-state index contributed by atoms with van der Waals surface area (Å²) in [6, 6.07) is 9.87. The molecule has 1 aliphatic rings. The molecule has 210 valence electrons. The number of ether oxygens (including phenoxy) is 1. The van der Waals surface area contributed by atoms with Crippen LogP contribution in [0.2, 0.25) is 0 Å². The van der Waals surface area contributed by atoms with Crippen molar-refractivity contribution in [3.05, 3.63) is 77.0 Å². The van der Waals surface area contributed by atoms with Gasteiger partial charge in [-0.05, 0) is 70.0 Å². The van der Waals surface area contributed by atoms with Crippen LogP contribution in [0.5, 0.6) is 11.5 Å². The number of aliphatic hydroxyl groups excluding tert-OH is 1. The summed E-state index contributed by atoms with van der Waals surface area (Å²) in [5.41, 5.74) is 7.07. The molecule has 1 aliphatic heterocycles. The fourth-order valence-electron chi connectivity index (χ4n) is 4.30. The van der Waals surface area contributed by atoms with E-state index in [1.165, 1.54) is 18.5 Å². The molecule has 40 heavy (non-hydrogen) atoms. The normalized spacial score (nSPS) is 16.1. The first kappa shape index (κ1) is 28.7. The number of halogens is 1. The monoisotopic (exact) mass is 547 g/mol. The van der Waals surface area contributed by atoms with E-state index in [2.05, 4.69) is 15.3 Å². The molecule has 1 saturated heterocycles. The third-order valence-corrected chi connectivity index (χ3v) is 6.44. The number of likely N-dealkylation sites (tertiary alicyclic amines) is 1. The number of hydrogen-bond acceptors (Lipinski definition) is 7. The first-order valence-corrected chi connectivity index (χ1v) is 13.0. The lowest BCUT2D eigenvalue weighted by molar-refractivity contribution is -0.119. The number of amides is 2. The van der Waals surface area contributed by atoms with E-state index in [1.807, 2.05) is 20.8 Å². The molecule has 1 aromatic heterocycles. The molecule has 1 unspecified atom stereocenters. The number of nitrogens with one attached hydrogen (secondary N) is 1. The molecule has 2 amide bonds. The quantitative estimate of drug-likeness (QED) is 0.383. The van der Waals surface area contributed by atoms with E-state index < -0.39 is 17.8 Å². The highest BCUT2D eigenvalue weighted by molar-refractivity contribution is 5.99. The Labute approximate surface area is 232 Å². The number of nitrogens with two attached hydrogens (primary N) is 1. The Balaban J connectivity index is 1.52. The minimum absolute atomic E-state index is 0.185. The Morgan fingerprint density at radius 2 is 2.02 bits per heavy atom. The predicted octanol–water partition coefficient (Wildman–Crippen LogP) is 4.01. The number of allylic oxidation sites excluding steroid dienone is 1. The molecule has 10 heteroatoms. The van der Waals surface area contributed by atoms with E-state index in [9.17, 15) is 14.7 Å². The van der Waals surface area contributed by atoms with Crippen molar-refractivity contribution in [2.45, 2.75) is 52.2 Å². The third kappa shape index (κ3) is 6.81. The number of benzene rings is 2. The first-order valence-electron chi connectivity index (χ1n) is 13.0. The van der Waals surface area contributed by atoms with Crippen molar-refractivity contribution in [2.75, 3.05) is 13.1 Å². The molecule has 0 aliphatic carbocycles. The highest BCUT2D eigenvalue weighted by atomic mass is 19.1. The Hall–Kier alpha value is -4.31. The van der Waals surface area contributed by atoms with Gasteiger partial charge in [0.25, 0.3) is 5.91 Å². The molecule has 3 aromatic rings. The molecule has 9 nitrogen and oxygen atoms in total. The van der Waals surface area contributed by atoms with E-state index in [-0.39, 0.29) is 34.7 Å². The van der Waals surface area contributed by atoms with E-state index in [0.717, 1.165) is 0 Å². The molecule has 0 saturated carbocycles. The third-order valence-electron chi connectivity index (χ3n) is 6.44. The Bertz CT molecular complexity index is 1500. The number of hydrogen-bond donors (Lipinski definition) is 3. The number of aliphatic imine (C=N–C) groups is 1. The molecule has 4 N–H and O–H groups in total. The summed E-state index contributed by atoms with van der Waals surface area (Å²) in [5.74, 6) is -0.503. The Morgan fingerprint density at radius 3 is 2.70 bits per heavy atom. The molecular formula is C30H34FN5O4. The van der Waals surface area contributed by atoms with Gasteiger partial charge < -0.3 is 25.8 Å². The Kier molecular flexibility index (Phi) is 8.49. The predicted molar refractivity (Wildman–Crippen MR) is 152 cm³/mol. The van der Waals surface area contributed by atoms with Crippen molar-refractivity contribution in [1.29, 1.82) is 0 Å². The van der Waals surface area contributed by atoms with Crippen LogP contribution < -0.4 is 15.8 Å². The van der Waals surface area contributed by atoms with Gasteiger partial charge in [-0.3, -0.25) is 19.6 Å². The summed E-state index contributed by atoms with van der Waals surface area (Å²) in [4.78, 5) is 35.8. The molecular weight excluding hydrogens is 513 g/mol. The first-order chi connectivity index (χ1) is 18.9. The number of nitrogens with zero attached hydrogens (tertiary/aromatic N) is 3. The summed E-state index contributed by atoms with van der Waals surface area (Å²) < 4.78 is 21.4. The molecule has 1 fully saturated rings. The maximum atomic E-state index is 15.3. The zero-order valence-corrected chi connectivity index (χ0v) is 23.1. The number of carbonyl (C=O) groups is 2. The zero-order chi connectivity index (χ0) is 29.0. The average molecular weight is 548 g/mol. The fourth-order valence-corrected chi connectivity index (χ4v) is 4.30. The summed E-state index contributed by atoms with van der Waals surface area (Å²) in [5, 5.41) is 13.0. The highest BCUT2D eigenvalue weighted by Crippen LogP contribution is 2.33. The van der Waals surface area contributed by atoms with E-state index in [4.69, 9.17) is 10.5 Å². The summed E-state index contributed by atoms with van der Waals surface area (Å²) in [6.07, 6.45) is 4.11. The van der Waals surface area contributed by atoms with Crippen molar-refractivity contribution < 1.29 is 23.8 Å². The fraction of sp³-hybridized carbons (Fsp3) is 0.333. The number of fused-ring (bicyclic) bond motifs is 1. The van der Waals surface area contributed by atoms with Crippen LogP contribution in [0, 0.1) is 12.7 Å². The van der Waals surface area contributed by atoms with Gasteiger partial charge in [0.2, 0.25) is 5.91 Å². The highest BCUT2D eigenvalue weighted by Gasteiger charge is 2.26. The second-order valence-corrected chi connectivity index (χ2v) is 10.8. The van der Waals surface area contributed by atoms with Crippen LogP contribution in [-0.2, 0) is 11.2 Å². The number of β-amino-alcohol motifs (C(OH)–C–C–N with tert-alkyl or cyclic N) is 1. The second-order valence-electron chi connectivity index (χ2n) is 10.8. The van der Waals surface area contributed by atoms with Gasteiger partial charge in [-0.15, -0.1) is 0 Å². The van der Waals surface area contributed by atoms with E-state index >= 15 is 4.39 Å². The van der Waals surface area contributed by atoms with Gasteiger partial charge in [-0.2, -0.15) is 0 Å². The Morgan fingerprint density at radius 1 is 1.25 bits per heavy atom. The van der Waals surface area contributed by atoms with Gasteiger partial charge in [-0.25, -0.2) is 4.39 Å². The van der Waals surface area contributed by atoms with Crippen LogP contribution in [-0.4, -0.2) is 57.8 Å². The smallest absolute Gasteiger partial charge is 0.253 e. The molecule has 2 heterocycles. The van der Waals surface area contributed by atoms with Crippen molar-refractivity contribution in [3.63, 3.8) is 0 Å². The van der Waals surface area contributed by atoms with Crippen LogP contribution in [0.1, 0.15) is 48.7 Å². The molecule has 2 aromatic carbocycles. The van der Waals surface area contributed by atoms with Crippen LogP contribution in [0.25, 0.3) is 10.9 Å². The van der Waals surface area contributed by atoms with Crippen molar-refractivity contribution in [3.8, 4) is 11.5 Å². The summed E-state index contributed by atoms with van der Waals surface area (Å²) >= 11 is 0. The number of rotatable bonds is 7. The van der Waals surface area contributed by atoms with Gasteiger partial charge >= 0.3 is 0 Å². The molecule has 0 radical (unpaired) electrons. The van der Waals surface area contributed by atoms with Crippen LogP contribution in [0.4, 0.5) is 4.39 Å². The lowest BCUT2D eigenvalue weighted by Gasteiger charge is -2.17. The summed E-state index contributed by atoms with van der Waals surface area (Å²) in [6.45, 7) is 8.10. The van der Waals surface area contributed by atoms with Gasteiger partial charge in [0, 0.05) is 48.2 Å². The van der Waals surface area contributed by atoms with Crippen molar-refractivity contribution in [1.82, 2.24) is 15.2 Å². The molecule has 0 spiro atoms. The number of aromatic nitrogens is 1. The average Bonchev–Trinajstić information content (AvgIpc) is 3.36. The van der Waals surface area contributed by atoms with Gasteiger partial charge in [0.05, 0.1) is 29.3 Å². The van der Waals surface area contributed by atoms with Gasteiger partial charge in [0.15, 0.2) is 0 Å². The summed E-state index contributed by atoms with van der Waals surface area (Å²) in [7, 11) is 0. The second kappa shape index (κ2) is 11.8. The molecule has 1 atom stereocenters. The van der Waals surface area contributed by atoms with Crippen LogP contribution in [0.15, 0.2) is 59.5 Å². The van der Waals surface area contributed by atoms with E-state index in [0.29, 0.717) is 47.4 Å². The lowest BCUT2D eigenvalue weighted by Crippen LogP contribution is -2.29. The number of aliphatic hydroxyl groups is 1. The number of carbonyl (C=O) groups excluding carboxylic acids is 2. The maximum Gasteiger partial charge on any atom is 0.253 e. The molecule has 0 bridgehead atoms. The lowest BCUT2D eigenvalue weighted by atomic mass is 10.1. The van der Waals surface area contributed by atoms with Gasteiger partial charge in [-0.1, -0.05) is 6.07 Å². The maximum absolute atomic E-state index is 15.3. The number of pyridine rings is 1. The minimum Gasteiger partial charge on any atom is -0.456 e. The molecule has 4 rings (SSSR count). The van der Waals surface area contributed by atoms with Crippen LogP contribution in [0.3, 0.4) is 0 Å². The van der Waals surface area contributed by atoms with Crippen molar-refractivity contribution >= 4 is 28.9 Å². The van der Waals surface area contributed by atoms with E-state index in [1.54, 1.807) is 48.4 Å². The van der Waals surface area contributed by atoms with Crippen LogP contribution >= 0.6 is 0 Å². The minimum atomic E-state index is -0.559. The topological polar surface area (TPSA) is 130 Å². The van der Waals surface area contributed by atoms with Gasteiger partial charge in [0.1, 0.15) is 17.3 Å². The van der Waals surface area contributed by atoms with Crippen molar-refractivity contribution in [2.24, 2.45) is 10.7 Å². The SMILES string of the molecule is Cc1c(Oc2ccnc3ccc(C(=O)N4CCC(O)C4)cc23)ccc(CC(=O)N/C(C=NC(C)(C)C)=C/N)c1F. The zero-order valence-electron chi connectivity index (χ0n) is 23.1. The largest absolute Gasteiger partial charge is 0.456 e.